The average molecular weight is 297 g/mol. The zero-order valence-corrected chi connectivity index (χ0v) is 11.7. The molecular weight excluding hydrogens is 280 g/mol. The van der Waals surface area contributed by atoms with Gasteiger partial charge in [-0.05, 0) is 53.4 Å². The van der Waals surface area contributed by atoms with E-state index in [1.165, 1.54) is 0 Å². The number of hydrogen-bond donors (Lipinski definition) is 2. The summed E-state index contributed by atoms with van der Waals surface area (Å²) in [5.74, 6) is -0.197. The highest BCUT2D eigenvalue weighted by Crippen LogP contribution is 2.27. The minimum atomic E-state index is -0.555. The Morgan fingerprint density at radius 2 is 2.24 bits per heavy atom. The molecule has 0 aliphatic rings. The first-order valence-corrected chi connectivity index (χ1v) is 6.19. The molecule has 0 fully saturated rings. The van der Waals surface area contributed by atoms with Crippen LogP contribution in [0.5, 0.6) is 0 Å². The number of carbonyl (C=O) groups is 1. The highest BCUT2D eigenvalue weighted by Gasteiger charge is 2.14. The van der Waals surface area contributed by atoms with Gasteiger partial charge in [0.25, 0.3) is 0 Å². The number of anilines is 1. The van der Waals surface area contributed by atoms with Crippen LogP contribution < -0.4 is 11.1 Å². The van der Waals surface area contributed by atoms with Crippen LogP contribution in [0, 0.1) is 13.8 Å². The Morgan fingerprint density at radius 1 is 1.59 bits per heavy atom. The van der Waals surface area contributed by atoms with Gasteiger partial charge in [0.05, 0.1) is 11.7 Å². The molecule has 0 saturated heterocycles. The molecule has 92 valence electrons. The maximum absolute atomic E-state index is 11.8. The summed E-state index contributed by atoms with van der Waals surface area (Å²) in [6.07, 6.45) is 2.11. The van der Waals surface area contributed by atoms with E-state index in [-0.39, 0.29) is 5.91 Å². The third-order valence-corrected chi connectivity index (χ3v) is 3.06. The highest BCUT2D eigenvalue weighted by atomic mass is 79.9. The van der Waals surface area contributed by atoms with Crippen molar-refractivity contribution in [1.29, 1.82) is 0 Å². The van der Waals surface area contributed by atoms with E-state index >= 15 is 0 Å². The minimum absolute atomic E-state index is 0.197. The molecule has 4 heteroatoms. The molecule has 1 aromatic rings. The molecular formula is C13H17BrN2O. The number of benzene rings is 1. The SMILES string of the molecule is C=CCC(N)C(=O)Nc1c(C)cc(C)cc1Br. The van der Waals surface area contributed by atoms with E-state index in [4.69, 9.17) is 5.73 Å². The summed E-state index contributed by atoms with van der Waals surface area (Å²) in [7, 11) is 0. The number of carbonyl (C=O) groups excluding carboxylic acids is 1. The van der Waals surface area contributed by atoms with Crippen LogP contribution in [0.2, 0.25) is 0 Å². The topological polar surface area (TPSA) is 55.1 Å². The van der Waals surface area contributed by atoms with E-state index in [1.54, 1.807) is 6.08 Å². The summed E-state index contributed by atoms with van der Waals surface area (Å²) in [4.78, 5) is 11.8. The average Bonchev–Trinajstić information content (AvgIpc) is 2.23. The maximum Gasteiger partial charge on any atom is 0.241 e. The van der Waals surface area contributed by atoms with Gasteiger partial charge in [0, 0.05) is 4.47 Å². The molecule has 0 aromatic heterocycles. The van der Waals surface area contributed by atoms with Crippen LogP contribution in [0.25, 0.3) is 0 Å². The van der Waals surface area contributed by atoms with Crippen LogP contribution in [0.15, 0.2) is 29.3 Å². The summed E-state index contributed by atoms with van der Waals surface area (Å²) >= 11 is 3.44. The lowest BCUT2D eigenvalue weighted by Gasteiger charge is -2.14. The van der Waals surface area contributed by atoms with Gasteiger partial charge in [0.1, 0.15) is 0 Å². The summed E-state index contributed by atoms with van der Waals surface area (Å²) < 4.78 is 0.870. The summed E-state index contributed by atoms with van der Waals surface area (Å²) in [5, 5.41) is 2.83. The smallest absolute Gasteiger partial charge is 0.241 e. The summed E-state index contributed by atoms with van der Waals surface area (Å²) in [5.41, 5.74) is 8.64. The van der Waals surface area contributed by atoms with Crippen molar-refractivity contribution in [2.45, 2.75) is 26.3 Å². The molecule has 1 amide bonds. The number of amides is 1. The van der Waals surface area contributed by atoms with Crippen LogP contribution in [0.4, 0.5) is 5.69 Å². The van der Waals surface area contributed by atoms with Gasteiger partial charge in [-0.1, -0.05) is 12.1 Å². The van der Waals surface area contributed by atoms with Gasteiger partial charge in [-0.2, -0.15) is 0 Å². The molecule has 1 rings (SSSR count). The largest absolute Gasteiger partial charge is 0.323 e. The van der Waals surface area contributed by atoms with E-state index in [1.807, 2.05) is 26.0 Å². The molecule has 0 bridgehead atoms. The Hall–Kier alpha value is -1.13. The van der Waals surface area contributed by atoms with Gasteiger partial charge in [-0.3, -0.25) is 4.79 Å². The predicted octanol–water partition coefficient (Wildman–Crippen LogP) is 2.91. The van der Waals surface area contributed by atoms with E-state index < -0.39 is 6.04 Å². The Morgan fingerprint density at radius 3 is 2.76 bits per heavy atom. The van der Waals surface area contributed by atoms with Crippen molar-refractivity contribution in [3.05, 3.63) is 40.4 Å². The number of hydrogen-bond acceptors (Lipinski definition) is 2. The van der Waals surface area contributed by atoms with Crippen LogP contribution in [-0.4, -0.2) is 11.9 Å². The third-order valence-electron chi connectivity index (χ3n) is 2.44. The van der Waals surface area contributed by atoms with Gasteiger partial charge in [-0.25, -0.2) is 0 Å². The van der Waals surface area contributed by atoms with Crippen molar-refractivity contribution < 1.29 is 4.79 Å². The fraction of sp³-hybridized carbons (Fsp3) is 0.308. The van der Waals surface area contributed by atoms with E-state index in [0.29, 0.717) is 6.42 Å². The van der Waals surface area contributed by atoms with E-state index in [9.17, 15) is 4.79 Å². The van der Waals surface area contributed by atoms with Gasteiger partial charge in [-0.15, -0.1) is 6.58 Å². The maximum atomic E-state index is 11.8. The molecule has 0 saturated carbocycles. The second kappa shape index (κ2) is 5.98. The Bertz CT molecular complexity index is 420. The molecule has 0 heterocycles. The van der Waals surface area contributed by atoms with Gasteiger partial charge >= 0.3 is 0 Å². The Balaban J connectivity index is 2.88. The van der Waals surface area contributed by atoms with Crippen molar-refractivity contribution in [3.63, 3.8) is 0 Å². The van der Waals surface area contributed by atoms with Gasteiger partial charge in [0.2, 0.25) is 5.91 Å². The molecule has 0 spiro atoms. The number of aryl methyl sites for hydroxylation is 2. The normalized spacial score (nSPS) is 12.0. The standard InChI is InChI=1S/C13H17BrN2O/c1-4-5-11(15)13(17)16-12-9(3)6-8(2)7-10(12)14/h4,6-7,11H,1,5,15H2,2-3H3,(H,16,17). The van der Waals surface area contributed by atoms with Crippen molar-refractivity contribution in [2.75, 3.05) is 5.32 Å². The fourth-order valence-electron chi connectivity index (χ4n) is 1.58. The van der Waals surface area contributed by atoms with Crippen molar-refractivity contribution >= 4 is 27.5 Å². The summed E-state index contributed by atoms with van der Waals surface area (Å²) in [6.45, 7) is 7.53. The second-order valence-corrected chi connectivity index (χ2v) is 4.91. The van der Waals surface area contributed by atoms with E-state index in [0.717, 1.165) is 21.3 Å². The number of nitrogens with one attached hydrogen (secondary N) is 1. The lowest BCUT2D eigenvalue weighted by atomic mass is 10.1. The second-order valence-electron chi connectivity index (χ2n) is 4.06. The zero-order chi connectivity index (χ0) is 13.0. The number of halogens is 1. The molecule has 1 unspecified atom stereocenters. The fourth-order valence-corrected chi connectivity index (χ4v) is 2.35. The third kappa shape index (κ3) is 3.68. The Labute approximate surface area is 110 Å². The number of rotatable bonds is 4. The highest BCUT2D eigenvalue weighted by molar-refractivity contribution is 9.10. The first kappa shape index (κ1) is 13.9. The molecule has 1 atom stereocenters. The van der Waals surface area contributed by atoms with Crippen LogP contribution in [0.1, 0.15) is 17.5 Å². The zero-order valence-electron chi connectivity index (χ0n) is 10.1. The molecule has 3 nitrogen and oxygen atoms in total. The van der Waals surface area contributed by atoms with Crippen LogP contribution in [-0.2, 0) is 4.79 Å². The molecule has 17 heavy (non-hydrogen) atoms. The first-order chi connectivity index (χ1) is 7.95. The van der Waals surface area contributed by atoms with Gasteiger partial charge < -0.3 is 11.1 Å². The van der Waals surface area contributed by atoms with Crippen molar-refractivity contribution in [2.24, 2.45) is 5.73 Å². The van der Waals surface area contributed by atoms with Crippen molar-refractivity contribution in [1.82, 2.24) is 0 Å². The first-order valence-electron chi connectivity index (χ1n) is 5.39. The monoisotopic (exact) mass is 296 g/mol. The minimum Gasteiger partial charge on any atom is -0.323 e. The number of nitrogens with two attached hydrogens (primary N) is 1. The van der Waals surface area contributed by atoms with Gasteiger partial charge in [0.15, 0.2) is 0 Å². The molecule has 1 aromatic carbocycles. The predicted molar refractivity (Wildman–Crippen MR) is 75.0 cm³/mol. The quantitative estimate of drug-likeness (QED) is 0.840. The lowest BCUT2D eigenvalue weighted by molar-refractivity contribution is -0.117. The Kier molecular flexibility index (Phi) is 4.90. The van der Waals surface area contributed by atoms with Crippen LogP contribution in [0.3, 0.4) is 0 Å². The van der Waals surface area contributed by atoms with Crippen LogP contribution >= 0.6 is 15.9 Å². The molecule has 0 aliphatic carbocycles. The lowest BCUT2D eigenvalue weighted by Crippen LogP contribution is -2.35. The summed E-state index contributed by atoms with van der Waals surface area (Å²) in [6, 6.07) is 3.42. The van der Waals surface area contributed by atoms with E-state index in [2.05, 4.69) is 27.8 Å². The molecule has 0 aliphatic heterocycles. The van der Waals surface area contributed by atoms with Crippen molar-refractivity contribution in [3.8, 4) is 0 Å². The molecule has 0 radical (unpaired) electrons. The molecule has 3 N–H and O–H groups in total.